The molecule has 2 heterocycles. The molecule has 5 rings (SSSR count). The number of imidazole rings is 2. The molecule has 0 spiro atoms. The molecule has 0 aliphatic rings. The molecule has 2 aromatic heterocycles. The number of nitrogens with zero attached hydrogens (tertiary/aromatic N) is 3. The molecule has 5 aromatic rings. The molecule has 34 heavy (non-hydrogen) atoms. The van der Waals surface area contributed by atoms with Crippen molar-refractivity contribution >= 4 is 34.4 Å². The van der Waals surface area contributed by atoms with Crippen LogP contribution in [0.5, 0.6) is 0 Å². The number of aryl methyl sites for hydroxylation is 2. The highest BCUT2D eigenvalue weighted by Gasteiger charge is 2.17. The fraction of sp³-hybridized carbons (Fsp3) is 0.115. The maximum atomic E-state index is 13.0. The number of H-pyrrole nitrogens is 1. The van der Waals surface area contributed by atoms with Gasteiger partial charge < -0.3 is 10.3 Å². The lowest BCUT2D eigenvalue weighted by Gasteiger charge is -2.11. The van der Waals surface area contributed by atoms with Crippen LogP contribution in [0, 0.1) is 19.7 Å². The summed E-state index contributed by atoms with van der Waals surface area (Å²) < 4.78 is 14.8. The number of benzene rings is 3. The minimum Gasteiger partial charge on any atom is -0.342 e. The van der Waals surface area contributed by atoms with Gasteiger partial charge in [-0.05, 0) is 68.6 Å². The molecular formula is C26H24FN5OS. The predicted octanol–water partition coefficient (Wildman–Crippen LogP) is 6.17. The largest absolute Gasteiger partial charge is 0.342 e. The van der Waals surface area contributed by atoms with Crippen LogP contribution in [0.15, 0.2) is 84.1 Å². The second kappa shape index (κ2) is 10.4. The number of para-hydroxylation sites is 2. The SMILES string of the molecule is CSc1ncc(C(=O)Nc2ccc(F)cc2)n1-c1ccc(C)cc1.Cc1nc2ccccc2[nH]1. The van der Waals surface area contributed by atoms with Crippen LogP contribution >= 0.6 is 11.8 Å². The van der Waals surface area contributed by atoms with Gasteiger partial charge in [0, 0.05) is 11.4 Å². The number of hydrogen-bond donors (Lipinski definition) is 2. The van der Waals surface area contributed by atoms with Gasteiger partial charge in [-0.2, -0.15) is 0 Å². The molecule has 0 saturated carbocycles. The number of nitrogens with one attached hydrogen (secondary N) is 2. The van der Waals surface area contributed by atoms with E-state index in [4.69, 9.17) is 0 Å². The molecule has 0 atom stereocenters. The van der Waals surface area contributed by atoms with Crippen LogP contribution in [0.25, 0.3) is 16.7 Å². The number of carbonyl (C=O) groups is 1. The van der Waals surface area contributed by atoms with Crippen molar-refractivity contribution < 1.29 is 9.18 Å². The zero-order valence-corrected chi connectivity index (χ0v) is 19.9. The van der Waals surface area contributed by atoms with Gasteiger partial charge >= 0.3 is 0 Å². The smallest absolute Gasteiger partial charge is 0.274 e. The van der Waals surface area contributed by atoms with Crippen molar-refractivity contribution in [3.05, 3.63) is 102 Å². The van der Waals surface area contributed by atoms with Crippen molar-refractivity contribution in [2.75, 3.05) is 11.6 Å². The third kappa shape index (κ3) is 5.35. The highest BCUT2D eigenvalue weighted by atomic mass is 32.2. The third-order valence-corrected chi connectivity index (χ3v) is 5.70. The van der Waals surface area contributed by atoms with Crippen molar-refractivity contribution in [3.8, 4) is 5.69 Å². The standard InChI is InChI=1S/C18H16FN3OS.C8H8N2/c1-12-3-9-15(10-4-12)22-16(11-20-18(22)24-2)17(23)21-14-7-5-13(19)6-8-14;1-6-9-7-4-2-3-5-8(7)10-6/h3-11H,1-2H3,(H,21,23);2-5H,1H3,(H,9,10). The van der Waals surface area contributed by atoms with Crippen molar-refractivity contribution in [1.29, 1.82) is 0 Å². The summed E-state index contributed by atoms with van der Waals surface area (Å²) in [5, 5.41) is 3.49. The first kappa shape index (κ1) is 23.3. The molecule has 2 N–H and O–H groups in total. The number of rotatable bonds is 4. The molecule has 0 fully saturated rings. The number of hydrogen-bond acceptors (Lipinski definition) is 4. The zero-order chi connectivity index (χ0) is 24.1. The normalized spacial score (nSPS) is 10.6. The van der Waals surface area contributed by atoms with Crippen molar-refractivity contribution in [2.24, 2.45) is 0 Å². The van der Waals surface area contributed by atoms with Gasteiger partial charge in [0.25, 0.3) is 5.91 Å². The first-order valence-corrected chi connectivity index (χ1v) is 11.8. The Bertz CT molecular complexity index is 1370. The first-order valence-electron chi connectivity index (χ1n) is 10.6. The molecule has 172 valence electrons. The molecule has 0 radical (unpaired) electrons. The molecule has 8 heteroatoms. The van der Waals surface area contributed by atoms with Gasteiger partial charge in [-0.1, -0.05) is 41.6 Å². The number of aromatic amines is 1. The summed E-state index contributed by atoms with van der Waals surface area (Å²) in [6.45, 7) is 3.97. The topological polar surface area (TPSA) is 75.6 Å². The molecule has 0 aliphatic carbocycles. The van der Waals surface area contributed by atoms with Crippen LogP contribution in [0.4, 0.5) is 10.1 Å². The van der Waals surface area contributed by atoms with Gasteiger partial charge in [0.2, 0.25) is 0 Å². The molecule has 0 aliphatic heterocycles. The zero-order valence-electron chi connectivity index (χ0n) is 19.0. The van der Waals surface area contributed by atoms with E-state index in [9.17, 15) is 9.18 Å². The summed E-state index contributed by atoms with van der Waals surface area (Å²) in [7, 11) is 0. The number of anilines is 1. The van der Waals surface area contributed by atoms with Crippen molar-refractivity contribution in [1.82, 2.24) is 19.5 Å². The van der Waals surface area contributed by atoms with Gasteiger partial charge in [0.15, 0.2) is 5.16 Å². The number of carbonyl (C=O) groups excluding carboxylic acids is 1. The lowest BCUT2D eigenvalue weighted by molar-refractivity contribution is 0.102. The second-order valence-electron chi connectivity index (χ2n) is 7.60. The Morgan fingerprint density at radius 2 is 1.71 bits per heavy atom. The summed E-state index contributed by atoms with van der Waals surface area (Å²) in [6.07, 6.45) is 3.46. The number of fused-ring (bicyclic) bond motifs is 1. The fourth-order valence-corrected chi connectivity index (χ4v) is 3.94. The van der Waals surface area contributed by atoms with Gasteiger partial charge in [0.1, 0.15) is 17.3 Å². The Morgan fingerprint density at radius 3 is 2.38 bits per heavy atom. The summed E-state index contributed by atoms with van der Waals surface area (Å²) in [4.78, 5) is 24.3. The highest BCUT2D eigenvalue weighted by molar-refractivity contribution is 7.98. The lowest BCUT2D eigenvalue weighted by Crippen LogP contribution is -2.16. The van der Waals surface area contributed by atoms with E-state index in [1.165, 1.54) is 36.0 Å². The Morgan fingerprint density at radius 1 is 1.00 bits per heavy atom. The van der Waals surface area contributed by atoms with E-state index in [1.807, 2.05) is 73.2 Å². The van der Waals surface area contributed by atoms with E-state index in [0.29, 0.717) is 11.4 Å². The monoisotopic (exact) mass is 473 g/mol. The van der Waals surface area contributed by atoms with Crippen LogP contribution in [0.2, 0.25) is 0 Å². The Hall–Kier alpha value is -3.91. The van der Waals surface area contributed by atoms with Gasteiger partial charge in [-0.25, -0.2) is 14.4 Å². The van der Waals surface area contributed by atoms with E-state index >= 15 is 0 Å². The van der Waals surface area contributed by atoms with Gasteiger partial charge in [0.05, 0.1) is 17.2 Å². The molecule has 0 bridgehead atoms. The van der Waals surface area contributed by atoms with Crippen LogP contribution in [-0.2, 0) is 0 Å². The van der Waals surface area contributed by atoms with Crippen LogP contribution < -0.4 is 5.32 Å². The quantitative estimate of drug-likeness (QED) is 0.306. The minimum absolute atomic E-state index is 0.296. The average molecular weight is 474 g/mol. The summed E-state index contributed by atoms with van der Waals surface area (Å²) in [5.74, 6) is 0.332. The predicted molar refractivity (Wildman–Crippen MR) is 135 cm³/mol. The molecule has 1 amide bonds. The number of amides is 1. The van der Waals surface area contributed by atoms with E-state index in [0.717, 1.165) is 33.3 Å². The Balaban J connectivity index is 0.000000226. The fourth-order valence-electron chi connectivity index (χ4n) is 3.39. The molecule has 0 saturated heterocycles. The minimum atomic E-state index is -0.345. The Kier molecular flexibility index (Phi) is 7.08. The summed E-state index contributed by atoms with van der Waals surface area (Å²) in [6, 6.07) is 21.5. The van der Waals surface area contributed by atoms with E-state index < -0.39 is 0 Å². The molecule has 3 aromatic carbocycles. The molecule has 6 nitrogen and oxygen atoms in total. The van der Waals surface area contributed by atoms with E-state index in [-0.39, 0.29) is 11.7 Å². The maximum absolute atomic E-state index is 13.0. The first-order chi connectivity index (χ1) is 16.4. The number of thioether (sulfide) groups is 1. The number of halogens is 1. The highest BCUT2D eigenvalue weighted by Crippen LogP contribution is 2.23. The summed E-state index contributed by atoms with van der Waals surface area (Å²) in [5.41, 5.74) is 5.12. The van der Waals surface area contributed by atoms with Crippen LogP contribution in [0.3, 0.4) is 0 Å². The van der Waals surface area contributed by atoms with Gasteiger partial charge in [-0.3, -0.25) is 9.36 Å². The van der Waals surface area contributed by atoms with E-state index in [1.54, 1.807) is 6.20 Å². The Labute approximate surface area is 201 Å². The lowest BCUT2D eigenvalue weighted by atomic mass is 10.2. The van der Waals surface area contributed by atoms with Crippen molar-refractivity contribution in [2.45, 2.75) is 19.0 Å². The number of aromatic nitrogens is 4. The van der Waals surface area contributed by atoms with Crippen molar-refractivity contribution in [3.63, 3.8) is 0 Å². The molecule has 0 unspecified atom stereocenters. The maximum Gasteiger partial charge on any atom is 0.274 e. The van der Waals surface area contributed by atoms with E-state index in [2.05, 4.69) is 20.3 Å². The van der Waals surface area contributed by atoms with Crippen LogP contribution in [-0.4, -0.2) is 31.7 Å². The van der Waals surface area contributed by atoms with Crippen LogP contribution in [0.1, 0.15) is 21.9 Å². The summed E-state index contributed by atoms with van der Waals surface area (Å²) >= 11 is 1.46. The molecular weight excluding hydrogens is 449 g/mol. The average Bonchev–Trinajstić information content (AvgIpc) is 3.44. The van der Waals surface area contributed by atoms with Gasteiger partial charge in [-0.15, -0.1) is 0 Å². The third-order valence-electron chi connectivity index (χ3n) is 5.05. The second-order valence-corrected chi connectivity index (χ2v) is 8.37.